The molecule has 0 fully saturated rings. The lowest BCUT2D eigenvalue weighted by Crippen LogP contribution is -2.24. The maximum atomic E-state index is 11.5. The molecule has 2 aromatic rings. The Morgan fingerprint density at radius 3 is 2.57 bits per heavy atom. The summed E-state index contributed by atoms with van der Waals surface area (Å²) in [6.45, 7) is 0.454. The molecule has 114 valence electrons. The number of ether oxygens (including phenoxy) is 1. The minimum Gasteiger partial charge on any atom is -0.445 e. The van der Waals surface area contributed by atoms with Crippen LogP contribution in [0, 0.1) is 11.8 Å². The van der Waals surface area contributed by atoms with Gasteiger partial charge in [-0.25, -0.2) is 4.79 Å². The number of alkyl carbamates (subject to hydrolysis) is 1. The smallest absolute Gasteiger partial charge is 0.408 e. The minimum absolute atomic E-state index is 0.216. The van der Waals surface area contributed by atoms with E-state index >= 15 is 0 Å². The number of isothiocyanates is 1. The van der Waals surface area contributed by atoms with Crippen molar-refractivity contribution in [2.24, 2.45) is 4.99 Å². The van der Waals surface area contributed by atoms with E-state index in [-0.39, 0.29) is 13.2 Å². The Kier molecular flexibility index (Phi) is 6.55. The Hall–Kier alpha value is -2.93. The number of carbonyl (C=O) groups is 1. The summed E-state index contributed by atoms with van der Waals surface area (Å²) in [4.78, 5) is 15.4. The molecule has 0 aromatic heterocycles. The zero-order chi connectivity index (χ0) is 16.3. The second-order valence-electron chi connectivity index (χ2n) is 4.47. The van der Waals surface area contributed by atoms with Crippen LogP contribution in [0.5, 0.6) is 0 Å². The number of aliphatic imine (C=N–C) groups is 1. The van der Waals surface area contributed by atoms with Crippen molar-refractivity contribution in [3.8, 4) is 11.8 Å². The van der Waals surface area contributed by atoms with Crippen LogP contribution in [0.4, 0.5) is 10.5 Å². The number of nitrogens with zero attached hydrogens (tertiary/aromatic N) is 1. The molecule has 2 rings (SSSR count). The zero-order valence-corrected chi connectivity index (χ0v) is 13.1. The molecular formula is C18H14N2O2S. The third-order valence-corrected chi connectivity index (χ3v) is 2.90. The van der Waals surface area contributed by atoms with Crippen LogP contribution in [0.2, 0.25) is 0 Å². The highest BCUT2D eigenvalue weighted by Crippen LogP contribution is 2.11. The summed E-state index contributed by atoms with van der Waals surface area (Å²) in [5.74, 6) is 5.79. The van der Waals surface area contributed by atoms with Gasteiger partial charge in [-0.05, 0) is 42.0 Å². The van der Waals surface area contributed by atoms with E-state index in [1.807, 2.05) is 42.5 Å². The molecule has 0 atom stereocenters. The molecule has 0 saturated carbocycles. The number of nitrogens with one attached hydrogen (secondary N) is 1. The molecule has 2 aromatic carbocycles. The molecule has 0 aliphatic rings. The quantitative estimate of drug-likeness (QED) is 0.530. The molecule has 4 nitrogen and oxygen atoms in total. The van der Waals surface area contributed by atoms with Gasteiger partial charge in [-0.1, -0.05) is 42.2 Å². The molecule has 0 heterocycles. The second-order valence-corrected chi connectivity index (χ2v) is 4.65. The van der Waals surface area contributed by atoms with Gasteiger partial charge in [0, 0.05) is 5.56 Å². The average Bonchev–Trinajstić information content (AvgIpc) is 2.59. The first-order valence-corrected chi connectivity index (χ1v) is 7.30. The summed E-state index contributed by atoms with van der Waals surface area (Å²) >= 11 is 4.53. The van der Waals surface area contributed by atoms with E-state index in [9.17, 15) is 4.79 Å². The van der Waals surface area contributed by atoms with Gasteiger partial charge in [0.2, 0.25) is 0 Å². The van der Waals surface area contributed by atoms with Gasteiger partial charge in [0.15, 0.2) is 0 Å². The fourth-order valence-electron chi connectivity index (χ4n) is 1.71. The van der Waals surface area contributed by atoms with Crippen LogP contribution >= 0.6 is 12.2 Å². The summed E-state index contributed by atoms with van der Waals surface area (Å²) < 4.78 is 5.08. The van der Waals surface area contributed by atoms with Gasteiger partial charge in [-0.2, -0.15) is 4.99 Å². The third-order valence-electron chi connectivity index (χ3n) is 2.81. The van der Waals surface area contributed by atoms with Crippen molar-refractivity contribution in [1.82, 2.24) is 5.32 Å². The highest BCUT2D eigenvalue weighted by Gasteiger charge is 2.00. The fraction of sp³-hybridized carbons (Fsp3) is 0.111. The number of hydrogen-bond donors (Lipinski definition) is 1. The predicted octanol–water partition coefficient (Wildman–Crippen LogP) is 3.70. The highest BCUT2D eigenvalue weighted by atomic mass is 32.1. The molecular weight excluding hydrogens is 308 g/mol. The van der Waals surface area contributed by atoms with E-state index in [0.29, 0.717) is 0 Å². The molecule has 0 bridgehead atoms. The molecule has 0 unspecified atom stereocenters. The third kappa shape index (κ3) is 6.15. The Morgan fingerprint density at radius 2 is 1.87 bits per heavy atom. The van der Waals surface area contributed by atoms with Crippen LogP contribution < -0.4 is 5.32 Å². The van der Waals surface area contributed by atoms with Gasteiger partial charge < -0.3 is 10.1 Å². The molecule has 23 heavy (non-hydrogen) atoms. The van der Waals surface area contributed by atoms with Crippen LogP contribution in [0.25, 0.3) is 0 Å². The molecule has 1 N–H and O–H groups in total. The highest BCUT2D eigenvalue weighted by molar-refractivity contribution is 7.78. The lowest BCUT2D eigenvalue weighted by Gasteiger charge is -2.04. The maximum absolute atomic E-state index is 11.5. The van der Waals surface area contributed by atoms with Crippen molar-refractivity contribution in [3.63, 3.8) is 0 Å². The standard InChI is InChI=1S/C18H14N2O2S/c21-18(22-13-16-5-2-1-3-6-16)19-12-4-7-15-8-10-17(11-9-15)20-14-23/h1-3,5-6,8-11H,12-13H2,(H,19,21). The fourth-order valence-corrected chi connectivity index (χ4v) is 1.81. The summed E-state index contributed by atoms with van der Waals surface area (Å²) in [6.07, 6.45) is -0.492. The number of benzene rings is 2. The number of hydrogen-bond acceptors (Lipinski definition) is 4. The molecule has 0 saturated heterocycles. The van der Waals surface area contributed by atoms with Crippen LogP contribution in [-0.4, -0.2) is 17.8 Å². The molecule has 1 amide bonds. The van der Waals surface area contributed by atoms with Gasteiger partial charge in [0.1, 0.15) is 6.61 Å². The van der Waals surface area contributed by atoms with E-state index in [1.165, 1.54) is 0 Å². The number of rotatable bonds is 4. The van der Waals surface area contributed by atoms with Crippen LogP contribution in [0.15, 0.2) is 59.6 Å². The van der Waals surface area contributed by atoms with Crippen LogP contribution in [0.1, 0.15) is 11.1 Å². The van der Waals surface area contributed by atoms with E-state index in [2.05, 4.69) is 39.5 Å². The number of thiocarbonyl (C=S) groups is 1. The van der Waals surface area contributed by atoms with Gasteiger partial charge in [-0.3, -0.25) is 0 Å². The van der Waals surface area contributed by atoms with E-state index in [0.717, 1.165) is 16.8 Å². The van der Waals surface area contributed by atoms with Crippen molar-refractivity contribution in [1.29, 1.82) is 0 Å². The molecule has 0 aliphatic heterocycles. The van der Waals surface area contributed by atoms with Crippen molar-refractivity contribution >= 4 is 29.2 Å². The summed E-state index contributed by atoms with van der Waals surface area (Å²) in [7, 11) is 0. The van der Waals surface area contributed by atoms with Gasteiger partial charge in [0.25, 0.3) is 0 Å². The van der Waals surface area contributed by atoms with Crippen molar-refractivity contribution in [2.45, 2.75) is 6.61 Å². The second kappa shape index (κ2) is 9.16. The lowest BCUT2D eigenvalue weighted by atomic mass is 10.2. The Morgan fingerprint density at radius 1 is 1.13 bits per heavy atom. The Balaban J connectivity index is 1.74. The maximum Gasteiger partial charge on any atom is 0.408 e. The van der Waals surface area contributed by atoms with E-state index < -0.39 is 6.09 Å². The normalized spacial score (nSPS) is 9.04. The van der Waals surface area contributed by atoms with Crippen LogP contribution in [-0.2, 0) is 11.3 Å². The van der Waals surface area contributed by atoms with Crippen molar-refractivity contribution < 1.29 is 9.53 Å². The SMILES string of the molecule is O=C(NCC#Cc1ccc(N=C=S)cc1)OCc1ccccc1. The largest absolute Gasteiger partial charge is 0.445 e. The summed E-state index contributed by atoms with van der Waals surface area (Å²) in [5.41, 5.74) is 2.49. The lowest BCUT2D eigenvalue weighted by molar-refractivity contribution is 0.141. The Labute approximate surface area is 140 Å². The van der Waals surface area contributed by atoms with Gasteiger partial charge in [0.05, 0.1) is 17.4 Å². The summed E-state index contributed by atoms with van der Waals surface area (Å²) in [5, 5.41) is 4.88. The first kappa shape index (κ1) is 16.4. The first-order chi connectivity index (χ1) is 11.3. The van der Waals surface area contributed by atoms with Gasteiger partial charge >= 0.3 is 6.09 Å². The molecule has 0 aliphatic carbocycles. The van der Waals surface area contributed by atoms with E-state index in [4.69, 9.17) is 4.74 Å². The molecule has 5 heteroatoms. The molecule has 0 radical (unpaired) electrons. The Bertz CT molecular complexity index is 755. The van der Waals surface area contributed by atoms with E-state index in [1.54, 1.807) is 12.1 Å². The van der Waals surface area contributed by atoms with Crippen molar-refractivity contribution in [3.05, 3.63) is 65.7 Å². The summed E-state index contributed by atoms with van der Waals surface area (Å²) in [6, 6.07) is 16.7. The van der Waals surface area contributed by atoms with Crippen LogP contribution in [0.3, 0.4) is 0 Å². The number of carbonyl (C=O) groups excluding carboxylic acids is 1. The first-order valence-electron chi connectivity index (χ1n) is 6.89. The monoisotopic (exact) mass is 322 g/mol. The van der Waals surface area contributed by atoms with Crippen molar-refractivity contribution in [2.75, 3.05) is 6.54 Å². The van der Waals surface area contributed by atoms with Gasteiger partial charge in [-0.15, -0.1) is 0 Å². The zero-order valence-electron chi connectivity index (χ0n) is 12.3. The minimum atomic E-state index is -0.492. The number of amides is 1. The topological polar surface area (TPSA) is 50.7 Å². The average molecular weight is 322 g/mol. The predicted molar refractivity (Wildman–Crippen MR) is 92.6 cm³/mol. The molecule has 0 spiro atoms.